The molecule has 0 bridgehead atoms. The quantitative estimate of drug-likeness (QED) is 0.101. The second-order valence-corrected chi connectivity index (χ2v) is 16.7. The lowest BCUT2D eigenvalue weighted by Crippen LogP contribution is -2.48. The fourth-order valence-corrected chi connectivity index (χ4v) is 9.52. The van der Waals surface area contributed by atoms with Crippen LogP contribution in [0.3, 0.4) is 0 Å². The number of carbonyl (C=O) groups excluding carboxylic acids is 1. The Balaban J connectivity index is 2.01. The van der Waals surface area contributed by atoms with E-state index in [2.05, 4.69) is 9.97 Å². The summed E-state index contributed by atoms with van der Waals surface area (Å²) in [7, 11) is -18.9. The van der Waals surface area contributed by atoms with Gasteiger partial charge in [-0.25, -0.2) is 9.59 Å². The van der Waals surface area contributed by atoms with Crippen LogP contribution in [0.25, 0.3) is 32.6 Å². The van der Waals surface area contributed by atoms with E-state index in [1.807, 2.05) is 0 Å². The third kappa shape index (κ3) is 5.33. The first-order chi connectivity index (χ1) is 23.0. The molecule has 1 unspecified atom stereocenters. The highest BCUT2D eigenvalue weighted by Gasteiger charge is 2.48. The molecule has 6 N–H and O–H groups in total. The average molecular weight is 768 g/mol. The summed E-state index contributed by atoms with van der Waals surface area (Å²) in [6.07, 6.45) is 1.41. The molecule has 0 aliphatic heterocycles. The summed E-state index contributed by atoms with van der Waals surface area (Å²) in [6.45, 7) is 0. The molecule has 18 nitrogen and oxygen atoms in total. The molecule has 0 aliphatic rings. The summed E-state index contributed by atoms with van der Waals surface area (Å²) < 4.78 is 144. The number of amides is 1. The molecule has 1 atom stereocenters. The lowest BCUT2D eigenvalue weighted by atomic mass is 10.0. The molecule has 0 saturated carbocycles. The number of aryl methyl sites for hydroxylation is 1. The van der Waals surface area contributed by atoms with Gasteiger partial charge >= 0.3 is 21.7 Å². The zero-order valence-corrected chi connectivity index (χ0v) is 28.5. The maximum atomic E-state index is 15.0. The first-order valence-corrected chi connectivity index (χ1v) is 19.4. The Morgan fingerprint density at radius 1 is 0.660 bits per heavy atom. The van der Waals surface area contributed by atoms with E-state index in [4.69, 9.17) is 0 Å². The van der Waals surface area contributed by atoms with Gasteiger partial charge in [0.25, 0.3) is 30.4 Å². The van der Waals surface area contributed by atoms with Gasteiger partial charge in [-0.05, 0) is 30.3 Å². The molecule has 50 heavy (non-hydrogen) atoms. The second-order valence-electron chi connectivity index (χ2n) is 11.2. The van der Waals surface area contributed by atoms with Crippen LogP contribution < -0.4 is 10.2 Å². The zero-order valence-electron chi connectivity index (χ0n) is 25.2. The summed E-state index contributed by atoms with van der Waals surface area (Å²) in [5.41, 5.74) is -4.10. The van der Waals surface area contributed by atoms with E-state index < -0.39 is 120 Å². The number of nitrogens with zero attached hydrogens (tertiary/aromatic N) is 2. The van der Waals surface area contributed by atoms with Gasteiger partial charge in [0.15, 0.2) is 16.3 Å². The molecular weight excluding hydrogens is 745 g/mol. The number of carbonyl (C=O) groups is 1. The van der Waals surface area contributed by atoms with Crippen molar-refractivity contribution in [1.82, 2.24) is 19.0 Å². The van der Waals surface area contributed by atoms with Crippen molar-refractivity contribution in [1.29, 1.82) is 0 Å². The number of benzene rings is 4. The van der Waals surface area contributed by atoms with Crippen LogP contribution in [0.5, 0.6) is 0 Å². The molecule has 4 aromatic carbocycles. The monoisotopic (exact) mass is 767 g/mol. The molecule has 2 heterocycles. The van der Waals surface area contributed by atoms with Crippen LogP contribution in [0.4, 0.5) is 11.4 Å². The number of nitrogens with one attached hydrogen (secondary N) is 2. The predicted octanol–water partition coefficient (Wildman–Crippen LogP) is 2.60. The number of aromatic nitrogens is 3. The maximum Gasteiger partial charge on any atom is 0.372 e. The molecule has 22 heteroatoms. The molecular formula is C28H23N4O14S4+. The molecule has 0 fully saturated rings. The van der Waals surface area contributed by atoms with Gasteiger partial charge in [0.1, 0.15) is 25.9 Å². The number of rotatable bonds is 7. The SMILES string of the molecule is Cn1cccc1C(=O)[N+](C)(c1ccc2c(S(=O)(=O)O)cccc2c1S(=O)(=O)O)c1c2[nH]c(=O)[nH]c2c(S(=O)(=O)O)c2cccc(S(=O)(=O)O)c12. The van der Waals surface area contributed by atoms with Crippen molar-refractivity contribution >= 4 is 90.3 Å². The first-order valence-electron chi connectivity index (χ1n) is 13.7. The molecule has 262 valence electrons. The molecule has 0 aliphatic carbocycles. The molecule has 6 aromatic rings. The number of imidazole rings is 1. The third-order valence-corrected chi connectivity index (χ3v) is 11.9. The van der Waals surface area contributed by atoms with E-state index >= 15 is 0 Å². The lowest BCUT2D eigenvalue weighted by molar-refractivity contribution is 0.0851. The van der Waals surface area contributed by atoms with Crippen LogP contribution in [0.2, 0.25) is 0 Å². The number of H-pyrrole nitrogens is 2. The highest BCUT2D eigenvalue weighted by Crippen LogP contribution is 2.50. The van der Waals surface area contributed by atoms with Crippen LogP contribution in [-0.4, -0.2) is 79.4 Å². The Morgan fingerprint density at radius 2 is 1.22 bits per heavy atom. The molecule has 0 radical (unpaired) electrons. The van der Waals surface area contributed by atoms with Crippen molar-refractivity contribution in [3.8, 4) is 0 Å². The minimum atomic E-state index is -5.53. The topological polar surface area (TPSA) is 288 Å². The molecule has 2 aromatic heterocycles. The Morgan fingerprint density at radius 3 is 1.76 bits per heavy atom. The van der Waals surface area contributed by atoms with E-state index in [0.29, 0.717) is 0 Å². The van der Waals surface area contributed by atoms with Gasteiger partial charge in [-0.2, -0.15) is 38.2 Å². The Hall–Kier alpha value is -4.78. The molecule has 0 saturated heterocycles. The van der Waals surface area contributed by atoms with Crippen LogP contribution in [0.1, 0.15) is 10.5 Å². The van der Waals surface area contributed by atoms with Crippen molar-refractivity contribution in [2.24, 2.45) is 7.05 Å². The van der Waals surface area contributed by atoms with Gasteiger partial charge in [0, 0.05) is 35.5 Å². The standard InChI is InChI=1S/C28H22N4O14S4/c1-31-13-5-8-17(31)27(33)32(2,18-12-11-14-15(25(18)49(41,42)43)6-3-9-19(14)47(35,36)37)24-21-16(7-4-10-20(21)48(38,39)40)26(50(44,45)46)23-22(24)29-28(34)30-23/h3-13H,1-2H3,(H5-,29,30,34,35,36,37,38,39,40,41,42,43,44,45,46)/p+1. The van der Waals surface area contributed by atoms with Crippen molar-refractivity contribution in [2.75, 3.05) is 7.05 Å². The Labute approximate surface area is 281 Å². The summed E-state index contributed by atoms with van der Waals surface area (Å²) in [5, 5.41) is -2.43. The van der Waals surface area contributed by atoms with Crippen molar-refractivity contribution in [3.63, 3.8) is 0 Å². The predicted molar refractivity (Wildman–Crippen MR) is 177 cm³/mol. The summed E-state index contributed by atoms with van der Waals surface area (Å²) in [5.74, 6) is -1.11. The number of hydrogen-bond donors (Lipinski definition) is 6. The summed E-state index contributed by atoms with van der Waals surface area (Å²) in [4.78, 5) is 28.3. The smallest absolute Gasteiger partial charge is 0.343 e. The Kier molecular flexibility index (Phi) is 7.79. The van der Waals surface area contributed by atoms with E-state index in [-0.39, 0.29) is 5.69 Å². The van der Waals surface area contributed by atoms with Gasteiger partial charge in [-0.3, -0.25) is 18.2 Å². The van der Waals surface area contributed by atoms with Gasteiger partial charge in [0.2, 0.25) is 0 Å². The largest absolute Gasteiger partial charge is 0.372 e. The summed E-state index contributed by atoms with van der Waals surface area (Å²) >= 11 is 0. The average Bonchev–Trinajstić information content (AvgIpc) is 3.59. The minimum absolute atomic E-state index is 0.206. The molecule has 1 amide bonds. The van der Waals surface area contributed by atoms with Crippen LogP contribution in [0, 0.1) is 0 Å². The highest BCUT2D eigenvalue weighted by atomic mass is 32.2. The molecule has 0 spiro atoms. The minimum Gasteiger partial charge on any atom is -0.343 e. The third-order valence-electron chi connectivity index (χ3n) is 8.22. The normalized spacial score (nSPS) is 14.4. The van der Waals surface area contributed by atoms with Crippen molar-refractivity contribution in [3.05, 3.63) is 83.0 Å². The van der Waals surface area contributed by atoms with E-state index in [0.717, 1.165) is 55.6 Å². The van der Waals surface area contributed by atoms with Gasteiger partial charge in [0.05, 0.1) is 18.0 Å². The van der Waals surface area contributed by atoms with Gasteiger partial charge in [-0.15, -0.1) is 0 Å². The van der Waals surface area contributed by atoms with E-state index in [1.54, 1.807) is 0 Å². The van der Waals surface area contributed by atoms with Gasteiger partial charge < -0.3 is 14.5 Å². The van der Waals surface area contributed by atoms with Crippen molar-refractivity contribution in [2.45, 2.75) is 19.6 Å². The van der Waals surface area contributed by atoms with Crippen LogP contribution in [0.15, 0.2) is 91.2 Å². The Bertz CT molecular complexity index is 3000. The van der Waals surface area contributed by atoms with Crippen molar-refractivity contribution < 1.29 is 56.7 Å². The summed E-state index contributed by atoms with van der Waals surface area (Å²) in [6, 6.07) is 10.4. The highest BCUT2D eigenvalue weighted by molar-refractivity contribution is 7.87. The zero-order chi connectivity index (χ0) is 36.9. The number of fused-ring (bicyclic) bond motifs is 3. The van der Waals surface area contributed by atoms with Crippen LogP contribution >= 0.6 is 0 Å². The van der Waals surface area contributed by atoms with Gasteiger partial charge in [-0.1, -0.05) is 24.3 Å². The fraction of sp³-hybridized carbons (Fsp3) is 0.0714. The first kappa shape index (κ1) is 35.1. The van der Waals surface area contributed by atoms with Crippen LogP contribution in [-0.2, 0) is 47.5 Å². The lowest BCUT2D eigenvalue weighted by Gasteiger charge is -2.34. The maximum absolute atomic E-state index is 15.0. The molecule has 6 rings (SSSR count). The fourth-order valence-electron chi connectivity index (χ4n) is 6.27. The number of quaternary nitrogens is 1. The number of aromatic amines is 2. The van der Waals surface area contributed by atoms with E-state index in [1.165, 1.54) is 29.9 Å². The second kappa shape index (κ2) is 11.1. The van der Waals surface area contributed by atoms with E-state index in [9.17, 15) is 61.5 Å². The number of hydrogen-bond acceptors (Lipinski definition) is 10.